The number of carboxylic acid groups (broad SMARTS) is 1. The molecule has 0 bridgehead atoms. The van der Waals surface area contributed by atoms with Crippen molar-refractivity contribution in [3.05, 3.63) is 71.8 Å². The first-order valence-corrected chi connectivity index (χ1v) is 15.4. The summed E-state index contributed by atoms with van der Waals surface area (Å²) in [5.74, 6) is -2.85. The standard InChI is InChI=1S/C33H42N4O7/c34-25(16-7-10-21-44-31(42)24-14-5-2-6-15-24)28(38)36-33(18-8-9-19-33)32(43)35-26(22-23-12-3-1-4-13-23)29(39)37-20-11-17-27(37)30(40)41/h1-6,12-15,25-27H,7-11,16-22,34H2,(H,35,43)(H,36,38)(H,40,41)/t25-,26-,27+/m0/s1. The Morgan fingerprint density at radius 1 is 0.955 bits per heavy atom. The molecule has 0 aromatic heterocycles. The number of carbonyl (C=O) groups excluding carboxylic acids is 4. The van der Waals surface area contributed by atoms with Crippen LogP contribution < -0.4 is 16.4 Å². The third-order valence-corrected chi connectivity index (χ3v) is 8.45. The molecule has 0 unspecified atom stereocenters. The first-order valence-electron chi connectivity index (χ1n) is 15.4. The summed E-state index contributed by atoms with van der Waals surface area (Å²) in [5, 5.41) is 15.4. The molecule has 11 nitrogen and oxygen atoms in total. The number of unbranched alkanes of at least 4 members (excludes halogenated alkanes) is 1. The molecule has 2 aromatic rings. The summed E-state index contributed by atoms with van der Waals surface area (Å²) < 4.78 is 5.28. The second kappa shape index (κ2) is 15.5. The maximum atomic E-state index is 13.8. The van der Waals surface area contributed by atoms with Crippen LogP contribution >= 0.6 is 0 Å². The number of hydrogen-bond acceptors (Lipinski definition) is 7. The SMILES string of the molecule is N[C@@H](CCCCOC(=O)c1ccccc1)C(=O)NC1(C(=O)N[C@@H](Cc2ccccc2)C(=O)N2CCC[C@@H]2C(=O)O)CCCC1. The highest BCUT2D eigenvalue weighted by molar-refractivity contribution is 5.97. The Morgan fingerprint density at radius 2 is 1.61 bits per heavy atom. The Morgan fingerprint density at radius 3 is 2.27 bits per heavy atom. The maximum absolute atomic E-state index is 13.8. The van der Waals surface area contributed by atoms with Crippen molar-refractivity contribution in [3.8, 4) is 0 Å². The highest BCUT2D eigenvalue weighted by Gasteiger charge is 2.45. The van der Waals surface area contributed by atoms with Crippen LogP contribution in [0.2, 0.25) is 0 Å². The Kier molecular flexibility index (Phi) is 11.5. The van der Waals surface area contributed by atoms with Crippen molar-refractivity contribution in [2.45, 2.75) is 87.9 Å². The number of benzene rings is 2. The number of rotatable bonds is 14. The molecule has 2 fully saturated rings. The molecule has 0 spiro atoms. The fourth-order valence-corrected chi connectivity index (χ4v) is 5.97. The lowest BCUT2D eigenvalue weighted by molar-refractivity contribution is -0.149. The highest BCUT2D eigenvalue weighted by atomic mass is 16.5. The maximum Gasteiger partial charge on any atom is 0.338 e. The van der Waals surface area contributed by atoms with Gasteiger partial charge in [-0.2, -0.15) is 0 Å². The molecule has 2 aromatic carbocycles. The average Bonchev–Trinajstić information content (AvgIpc) is 3.72. The number of aliphatic carboxylic acids is 1. The quantitative estimate of drug-likeness (QED) is 0.188. The van der Waals surface area contributed by atoms with Crippen molar-refractivity contribution in [2.24, 2.45) is 5.73 Å². The van der Waals surface area contributed by atoms with Crippen LogP contribution in [0, 0.1) is 0 Å². The molecule has 3 amide bonds. The van der Waals surface area contributed by atoms with E-state index in [1.165, 1.54) is 4.90 Å². The van der Waals surface area contributed by atoms with Gasteiger partial charge in [0.2, 0.25) is 17.7 Å². The minimum absolute atomic E-state index is 0.187. The first-order chi connectivity index (χ1) is 21.2. The summed E-state index contributed by atoms with van der Waals surface area (Å²) in [6.45, 7) is 0.504. The monoisotopic (exact) mass is 606 g/mol. The summed E-state index contributed by atoms with van der Waals surface area (Å²) in [7, 11) is 0. The first kappa shape index (κ1) is 32.7. The van der Waals surface area contributed by atoms with E-state index in [0.29, 0.717) is 57.1 Å². The molecule has 1 saturated carbocycles. The zero-order chi connectivity index (χ0) is 31.5. The molecule has 0 radical (unpaired) electrons. The van der Waals surface area contributed by atoms with Gasteiger partial charge in [0.1, 0.15) is 17.6 Å². The van der Waals surface area contributed by atoms with E-state index in [2.05, 4.69) is 10.6 Å². The van der Waals surface area contributed by atoms with E-state index in [0.717, 1.165) is 18.4 Å². The van der Waals surface area contributed by atoms with Gasteiger partial charge in [0, 0.05) is 13.0 Å². The third-order valence-electron chi connectivity index (χ3n) is 8.45. The molecule has 1 saturated heterocycles. The zero-order valence-corrected chi connectivity index (χ0v) is 24.9. The van der Waals surface area contributed by atoms with Crippen LogP contribution in [0.25, 0.3) is 0 Å². The second-order valence-corrected chi connectivity index (χ2v) is 11.6. The molecule has 3 atom stereocenters. The van der Waals surface area contributed by atoms with Gasteiger partial charge in [-0.25, -0.2) is 9.59 Å². The lowest BCUT2D eigenvalue weighted by Gasteiger charge is -2.33. The lowest BCUT2D eigenvalue weighted by Crippen LogP contribution is -2.63. The van der Waals surface area contributed by atoms with Crippen LogP contribution in [0.15, 0.2) is 60.7 Å². The van der Waals surface area contributed by atoms with E-state index in [1.54, 1.807) is 24.3 Å². The van der Waals surface area contributed by atoms with Gasteiger partial charge in [-0.1, -0.05) is 61.4 Å². The zero-order valence-electron chi connectivity index (χ0n) is 24.9. The number of carboxylic acids is 1. The highest BCUT2D eigenvalue weighted by Crippen LogP contribution is 2.31. The van der Waals surface area contributed by atoms with E-state index in [4.69, 9.17) is 10.5 Å². The van der Waals surface area contributed by atoms with Crippen molar-refractivity contribution in [2.75, 3.05) is 13.2 Å². The van der Waals surface area contributed by atoms with Crippen LogP contribution in [0.5, 0.6) is 0 Å². The molecule has 2 aliphatic rings. The Bertz CT molecular complexity index is 1300. The van der Waals surface area contributed by atoms with Gasteiger partial charge >= 0.3 is 11.9 Å². The van der Waals surface area contributed by atoms with E-state index in [1.807, 2.05) is 36.4 Å². The van der Waals surface area contributed by atoms with Gasteiger partial charge in [-0.3, -0.25) is 14.4 Å². The molecule has 5 N–H and O–H groups in total. The van der Waals surface area contributed by atoms with Gasteiger partial charge in [0.15, 0.2) is 0 Å². The normalized spacial score (nSPS) is 18.7. The Hall–Kier alpha value is -4.25. The number of esters is 1. The number of nitrogens with zero attached hydrogens (tertiary/aromatic N) is 1. The summed E-state index contributed by atoms with van der Waals surface area (Å²) >= 11 is 0. The molecular formula is C33H42N4O7. The third kappa shape index (κ3) is 8.43. The Balaban J connectivity index is 1.35. The van der Waals surface area contributed by atoms with Crippen LogP contribution in [-0.4, -0.2) is 76.5 Å². The van der Waals surface area contributed by atoms with Gasteiger partial charge in [0.05, 0.1) is 18.2 Å². The Labute approximate surface area is 257 Å². The number of hydrogen-bond donors (Lipinski definition) is 4. The number of nitrogens with two attached hydrogens (primary N) is 1. The number of carbonyl (C=O) groups is 5. The molecule has 1 aliphatic heterocycles. The topological polar surface area (TPSA) is 168 Å². The van der Waals surface area contributed by atoms with Gasteiger partial charge < -0.3 is 31.1 Å². The molecule has 11 heteroatoms. The molecule has 236 valence electrons. The fraction of sp³-hybridized carbons (Fsp3) is 0.485. The molecule has 4 rings (SSSR count). The van der Waals surface area contributed by atoms with E-state index < -0.39 is 53.3 Å². The minimum atomic E-state index is -1.22. The van der Waals surface area contributed by atoms with Crippen molar-refractivity contribution in [3.63, 3.8) is 0 Å². The van der Waals surface area contributed by atoms with Crippen LogP contribution in [0.1, 0.15) is 73.7 Å². The predicted molar refractivity (Wildman–Crippen MR) is 162 cm³/mol. The lowest BCUT2D eigenvalue weighted by atomic mass is 9.93. The number of ether oxygens (including phenoxy) is 1. The van der Waals surface area contributed by atoms with Crippen molar-refractivity contribution in [1.29, 1.82) is 0 Å². The fourth-order valence-electron chi connectivity index (χ4n) is 5.97. The minimum Gasteiger partial charge on any atom is -0.480 e. The molecule has 44 heavy (non-hydrogen) atoms. The number of nitrogens with one attached hydrogen (secondary N) is 2. The van der Waals surface area contributed by atoms with Gasteiger partial charge in [0.25, 0.3) is 0 Å². The smallest absolute Gasteiger partial charge is 0.338 e. The van der Waals surface area contributed by atoms with Crippen LogP contribution in [0.3, 0.4) is 0 Å². The van der Waals surface area contributed by atoms with E-state index in [9.17, 15) is 29.1 Å². The molecular weight excluding hydrogens is 564 g/mol. The molecule has 1 aliphatic carbocycles. The van der Waals surface area contributed by atoms with Gasteiger partial charge in [-0.05, 0) is 62.6 Å². The van der Waals surface area contributed by atoms with Crippen molar-refractivity contribution in [1.82, 2.24) is 15.5 Å². The van der Waals surface area contributed by atoms with Crippen LogP contribution in [-0.2, 0) is 30.3 Å². The van der Waals surface area contributed by atoms with Crippen molar-refractivity contribution < 1.29 is 33.8 Å². The molecule has 1 heterocycles. The largest absolute Gasteiger partial charge is 0.480 e. The second-order valence-electron chi connectivity index (χ2n) is 11.6. The predicted octanol–water partition coefficient (Wildman–Crippen LogP) is 2.57. The van der Waals surface area contributed by atoms with E-state index in [-0.39, 0.29) is 13.0 Å². The van der Waals surface area contributed by atoms with E-state index >= 15 is 0 Å². The van der Waals surface area contributed by atoms with Gasteiger partial charge in [-0.15, -0.1) is 0 Å². The average molecular weight is 607 g/mol. The number of amides is 3. The summed E-state index contributed by atoms with van der Waals surface area (Å²) in [6.07, 6.45) is 4.79. The summed E-state index contributed by atoms with van der Waals surface area (Å²) in [4.78, 5) is 65.9. The number of likely N-dealkylation sites (tertiary alicyclic amines) is 1. The summed E-state index contributed by atoms with van der Waals surface area (Å²) in [6, 6.07) is 15.1. The summed E-state index contributed by atoms with van der Waals surface area (Å²) in [5.41, 5.74) is 6.27. The van der Waals surface area contributed by atoms with Crippen LogP contribution in [0.4, 0.5) is 0 Å². The van der Waals surface area contributed by atoms with Crippen molar-refractivity contribution >= 4 is 29.7 Å².